The van der Waals surface area contributed by atoms with Gasteiger partial charge in [-0.25, -0.2) is 0 Å². The molecule has 1 aliphatic heterocycles. The van der Waals surface area contributed by atoms with Crippen LogP contribution in [0.2, 0.25) is 0 Å². The van der Waals surface area contributed by atoms with Gasteiger partial charge in [-0.2, -0.15) is 0 Å². The van der Waals surface area contributed by atoms with E-state index < -0.39 is 0 Å². The Morgan fingerprint density at radius 1 is 1.21 bits per heavy atom. The minimum atomic E-state index is 0.180. The van der Waals surface area contributed by atoms with Crippen molar-refractivity contribution in [1.82, 2.24) is 15.1 Å². The number of carbonyl (C=O) groups excluding carboxylic acids is 1. The van der Waals surface area contributed by atoms with Crippen LogP contribution in [0.3, 0.4) is 0 Å². The zero-order valence-electron chi connectivity index (χ0n) is 17.7. The van der Waals surface area contributed by atoms with Crippen LogP contribution in [-0.4, -0.2) is 56.0 Å². The van der Waals surface area contributed by atoms with Crippen LogP contribution < -0.4 is 5.32 Å². The predicted octanol–water partition coefficient (Wildman–Crippen LogP) is 3.37. The van der Waals surface area contributed by atoms with Gasteiger partial charge in [0.25, 0.3) is 0 Å². The first-order valence-corrected chi connectivity index (χ1v) is 10.8. The molecule has 1 aromatic carbocycles. The van der Waals surface area contributed by atoms with Gasteiger partial charge in [-0.05, 0) is 81.0 Å². The van der Waals surface area contributed by atoms with E-state index in [1.165, 1.54) is 11.1 Å². The topological polar surface area (TPSA) is 48.7 Å². The number of hydrogen-bond acceptors (Lipinski definition) is 4. The lowest BCUT2D eigenvalue weighted by Gasteiger charge is -2.40. The molecule has 0 saturated carbocycles. The molecule has 1 unspecified atom stereocenters. The second kappa shape index (κ2) is 8.72. The Hall–Kier alpha value is -2.11. The summed E-state index contributed by atoms with van der Waals surface area (Å²) in [4.78, 5) is 17.1. The predicted molar refractivity (Wildman–Crippen MR) is 115 cm³/mol. The third-order valence-corrected chi connectivity index (χ3v) is 6.69. The summed E-state index contributed by atoms with van der Waals surface area (Å²) in [6.45, 7) is 4.64. The number of rotatable bonds is 7. The molecule has 1 saturated heterocycles. The highest BCUT2D eigenvalue weighted by Gasteiger charge is 2.45. The number of fused-ring (bicyclic) bond motifs is 2. The van der Waals surface area contributed by atoms with E-state index in [0.29, 0.717) is 18.9 Å². The van der Waals surface area contributed by atoms with Gasteiger partial charge in [0, 0.05) is 19.5 Å². The minimum absolute atomic E-state index is 0.180. The lowest BCUT2D eigenvalue weighted by molar-refractivity contribution is -0.121. The summed E-state index contributed by atoms with van der Waals surface area (Å²) in [6, 6.07) is 12.9. The molecule has 5 heteroatoms. The Balaban J connectivity index is 1.40. The summed E-state index contributed by atoms with van der Waals surface area (Å²) in [6.07, 6.45) is 5.76. The van der Waals surface area contributed by atoms with E-state index in [1.807, 2.05) is 20.2 Å². The van der Waals surface area contributed by atoms with Crippen molar-refractivity contribution in [1.29, 1.82) is 0 Å². The zero-order chi connectivity index (χ0) is 20.3. The maximum atomic E-state index is 12.5. The smallest absolute Gasteiger partial charge is 0.220 e. The summed E-state index contributed by atoms with van der Waals surface area (Å²) >= 11 is 0. The van der Waals surface area contributed by atoms with Crippen molar-refractivity contribution in [2.75, 3.05) is 40.3 Å². The molecule has 1 amide bonds. The number of benzene rings is 1. The number of nitrogens with zero attached hydrogens (tertiary/aromatic N) is 2. The molecule has 0 radical (unpaired) electrons. The molecule has 1 fully saturated rings. The number of likely N-dealkylation sites (tertiary alicyclic amines) is 1. The molecule has 0 bridgehead atoms. The highest BCUT2D eigenvalue weighted by Crippen LogP contribution is 2.52. The normalized spacial score (nSPS) is 20.9. The largest absolute Gasteiger partial charge is 0.468 e. The van der Waals surface area contributed by atoms with Crippen LogP contribution >= 0.6 is 0 Å². The van der Waals surface area contributed by atoms with Crippen molar-refractivity contribution in [3.8, 4) is 0 Å². The molecule has 156 valence electrons. The number of amides is 1. The van der Waals surface area contributed by atoms with Crippen molar-refractivity contribution in [3.63, 3.8) is 0 Å². The van der Waals surface area contributed by atoms with Gasteiger partial charge in [-0.1, -0.05) is 24.3 Å². The van der Waals surface area contributed by atoms with Gasteiger partial charge in [0.1, 0.15) is 5.76 Å². The molecule has 4 rings (SSSR count). The maximum Gasteiger partial charge on any atom is 0.220 e. The van der Waals surface area contributed by atoms with Crippen molar-refractivity contribution in [2.24, 2.45) is 0 Å². The molecule has 1 aromatic heterocycles. The van der Waals surface area contributed by atoms with Crippen LogP contribution in [0.5, 0.6) is 0 Å². The average molecular weight is 396 g/mol. The van der Waals surface area contributed by atoms with Gasteiger partial charge in [0.2, 0.25) is 5.91 Å². The Kier molecular flexibility index (Phi) is 6.07. The number of piperidine rings is 1. The summed E-state index contributed by atoms with van der Waals surface area (Å²) in [7, 11) is 4.06. The van der Waals surface area contributed by atoms with Gasteiger partial charge in [0.15, 0.2) is 0 Å². The van der Waals surface area contributed by atoms with Gasteiger partial charge >= 0.3 is 0 Å². The van der Waals surface area contributed by atoms with E-state index >= 15 is 0 Å². The fourth-order valence-electron chi connectivity index (χ4n) is 5.16. The fourth-order valence-corrected chi connectivity index (χ4v) is 5.16. The molecule has 2 aliphatic rings. The number of likely N-dealkylation sites (N-methyl/N-ethyl adjacent to an activating group) is 1. The SMILES string of the molecule is CN(C)CCNC(=O)CC1CC2(CCN(Cc3ccco3)CC2)c2ccccc21. The van der Waals surface area contributed by atoms with Gasteiger partial charge in [-0.3, -0.25) is 9.69 Å². The molecule has 5 nitrogen and oxygen atoms in total. The van der Waals surface area contributed by atoms with Crippen LogP contribution in [-0.2, 0) is 16.8 Å². The van der Waals surface area contributed by atoms with Crippen molar-refractivity contribution in [2.45, 2.75) is 43.6 Å². The Morgan fingerprint density at radius 3 is 2.72 bits per heavy atom. The number of hydrogen-bond donors (Lipinski definition) is 1. The van der Waals surface area contributed by atoms with Gasteiger partial charge in [-0.15, -0.1) is 0 Å². The molecule has 1 aliphatic carbocycles. The van der Waals surface area contributed by atoms with Gasteiger partial charge in [0.05, 0.1) is 12.8 Å². The number of nitrogens with one attached hydrogen (secondary N) is 1. The molecule has 1 spiro atoms. The second-order valence-electron chi connectivity index (χ2n) is 8.98. The highest BCUT2D eigenvalue weighted by molar-refractivity contribution is 5.77. The zero-order valence-corrected chi connectivity index (χ0v) is 17.7. The summed E-state index contributed by atoms with van der Waals surface area (Å²) in [5.74, 6) is 1.56. The minimum Gasteiger partial charge on any atom is -0.468 e. The standard InChI is InChI=1S/C24H33N3O2/c1-26(2)14-11-25-23(28)16-19-17-24(22-8-4-3-7-21(19)22)9-12-27(13-10-24)18-20-6-5-15-29-20/h3-8,15,19H,9-14,16-18H2,1-2H3,(H,25,28). The first-order valence-electron chi connectivity index (χ1n) is 10.8. The average Bonchev–Trinajstić information content (AvgIpc) is 3.31. The van der Waals surface area contributed by atoms with Crippen LogP contribution in [0.15, 0.2) is 47.1 Å². The van der Waals surface area contributed by atoms with E-state index in [9.17, 15) is 4.79 Å². The highest BCUT2D eigenvalue weighted by atomic mass is 16.3. The first kappa shape index (κ1) is 20.2. The summed E-state index contributed by atoms with van der Waals surface area (Å²) in [5.41, 5.74) is 3.11. The number of carbonyl (C=O) groups is 1. The van der Waals surface area contributed by atoms with E-state index in [2.05, 4.69) is 45.4 Å². The Bertz CT molecular complexity index is 807. The molecule has 29 heavy (non-hydrogen) atoms. The maximum absolute atomic E-state index is 12.5. The van der Waals surface area contributed by atoms with Crippen molar-refractivity contribution >= 4 is 5.91 Å². The quantitative estimate of drug-likeness (QED) is 0.781. The molecule has 1 N–H and O–H groups in total. The third-order valence-electron chi connectivity index (χ3n) is 6.69. The van der Waals surface area contributed by atoms with Crippen molar-refractivity contribution < 1.29 is 9.21 Å². The molecule has 2 aromatic rings. The van der Waals surface area contributed by atoms with Gasteiger partial charge < -0.3 is 14.6 Å². The summed E-state index contributed by atoms with van der Waals surface area (Å²) < 4.78 is 5.53. The monoisotopic (exact) mass is 395 g/mol. The lowest BCUT2D eigenvalue weighted by Crippen LogP contribution is -2.41. The van der Waals surface area contributed by atoms with E-state index in [0.717, 1.165) is 51.2 Å². The fraction of sp³-hybridized carbons (Fsp3) is 0.542. The summed E-state index contributed by atoms with van der Waals surface area (Å²) in [5, 5.41) is 3.10. The Labute approximate surface area is 174 Å². The van der Waals surface area contributed by atoms with Crippen molar-refractivity contribution in [3.05, 3.63) is 59.5 Å². The Morgan fingerprint density at radius 2 is 2.00 bits per heavy atom. The van der Waals surface area contributed by atoms with E-state index in [-0.39, 0.29) is 11.3 Å². The van der Waals surface area contributed by atoms with E-state index in [1.54, 1.807) is 6.26 Å². The van der Waals surface area contributed by atoms with Crippen LogP contribution in [0.25, 0.3) is 0 Å². The van der Waals surface area contributed by atoms with Crippen LogP contribution in [0.1, 0.15) is 48.5 Å². The van der Waals surface area contributed by atoms with E-state index in [4.69, 9.17) is 4.42 Å². The van der Waals surface area contributed by atoms with Crippen LogP contribution in [0.4, 0.5) is 0 Å². The van der Waals surface area contributed by atoms with Crippen LogP contribution in [0, 0.1) is 0 Å². The molecule has 1 atom stereocenters. The molecular formula is C24H33N3O2. The first-order chi connectivity index (χ1) is 14.1. The number of furan rings is 1. The lowest BCUT2D eigenvalue weighted by atomic mass is 9.73. The second-order valence-corrected chi connectivity index (χ2v) is 8.98. The third kappa shape index (κ3) is 4.57. The molecular weight excluding hydrogens is 362 g/mol. The molecule has 2 heterocycles.